The third-order valence-corrected chi connectivity index (χ3v) is 3.40. The fourth-order valence-electron chi connectivity index (χ4n) is 1.87. The van der Waals surface area contributed by atoms with Crippen LogP contribution in [0.25, 0.3) is 22.6 Å². The maximum Gasteiger partial charge on any atom is 0.360 e. The molecule has 0 saturated heterocycles. The molecule has 0 aliphatic rings. The van der Waals surface area contributed by atoms with Crippen molar-refractivity contribution in [2.75, 3.05) is 0 Å². The van der Waals surface area contributed by atoms with E-state index in [1.807, 2.05) is 54.6 Å². The van der Waals surface area contributed by atoms with Crippen LogP contribution in [0.3, 0.4) is 0 Å². The molecule has 0 N–H and O–H groups in total. The van der Waals surface area contributed by atoms with Crippen molar-refractivity contribution < 1.29 is 4.73 Å². The summed E-state index contributed by atoms with van der Waals surface area (Å²) in [6.07, 6.45) is 1.44. The van der Waals surface area contributed by atoms with Crippen molar-refractivity contribution in [3.05, 3.63) is 70.5 Å². The van der Waals surface area contributed by atoms with E-state index < -0.39 is 0 Å². The van der Waals surface area contributed by atoms with Gasteiger partial charge in [0.2, 0.25) is 0 Å². The predicted octanol–water partition coefficient (Wildman–Crippen LogP) is 3.21. The lowest BCUT2D eigenvalue weighted by atomic mass is 10.2. The van der Waals surface area contributed by atoms with Crippen molar-refractivity contribution in [2.45, 2.75) is 0 Å². The number of nitrogens with zero attached hydrogens (tertiary/aromatic N) is 3. The van der Waals surface area contributed by atoms with E-state index in [2.05, 4.69) is 26.1 Å². The van der Waals surface area contributed by atoms with Gasteiger partial charge < -0.3 is 5.21 Å². The Morgan fingerprint density at radius 1 is 0.850 bits per heavy atom. The number of hydrogen-bond donors (Lipinski definition) is 0. The van der Waals surface area contributed by atoms with E-state index in [1.165, 1.54) is 6.20 Å². The molecule has 4 nitrogen and oxygen atoms in total. The van der Waals surface area contributed by atoms with Gasteiger partial charge in [0.1, 0.15) is 6.20 Å². The van der Waals surface area contributed by atoms with Crippen LogP contribution < -0.4 is 4.73 Å². The Morgan fingerprint density at radius 2 is 1.55 bits per heavy atom. The number of halogens is 1. The van der Waals surface area contributed by atoms with Crippen LogP contribution in [0.1, 0.15) is 0 Å². The highest BCUT2D eigenvalue weighted by atomic mass is 79.9. The topological polar surface area (TPSA) is 52.7 Å². The Hall–Kier alpha value is -2.27. The third-order valence-electron chi connectivity index (χ3n) is 2.87. The minimum Gasteiger partial charge on any atom is -0.710 e. The largest absolute Gasteiger partial charge is 0.710 e. The van der Waals surface area contributed by atoms with Gasteiger partial charge >= 0.3 is 5.82 Å². The average Bonchev–Trinajstić information content (AvgIpc) is 2.49. The van der Waals surface area contributed by atoms with E-state index >= 15 is 0 Å². The molecule has 3 rings (SSSR count). The number of aromatic nitrogens is 3. The Labute approximate surface area is 124 Å². The first-order valence-electron chi connectivity index (χ1n) is 6.02. The third kappa shape index (κ3) is 2.53. The van der Waals surface area contributed by atoms with E-state index in [-0.39, 0.29) is 5.82 Å². The highest BCUT2D eigenvalue weighted by molar-refractivity contribution is 9.10. The summed E-state index contributed by atoms with van der Waals surface area (Å²) < 4.78 is 1.70. The lowest BCUT2D eigenvalue weighted by Gasteiger charge is -2.06. The first-order valence-corrected chi connectivity index (χ1v) is 6.81. The highest BCUT2D eigenvalue weighted by Crippen LogP contribution is 2.18. The van der Waals surface area contributed by atoms with Gasteiger partial charge in [0.15, 0.2) is 5.69 Å². The molecule has 98 valence electrons. The van der Waals surface area contributed by atoms with E-state index in [0.717, 1.165) is 20.3 Å². The van der Waals surface area contributed by atoms with Crippen LogP contribution in [0.15, 0.2) is 65.3 Å². The molecular formula is C15H10BrN3O. The molecule has 0 aliphatic heterocycles. The van der Waals surface area contributed by atoms with Gasteiger partial charge in [-0.15, -0.1) is 0 Å². The van der Waals surface area contributed by atoms with Crippen molar-refractivity contribution in [3.8, 4) is 22.6 Å². The zero-order chi connectivity index (χ0) is 13.9. The van der Waals surface area contributed by atoms with Crippen LogP contribution >= 0.6 is 15.9 Å². The second-order valence-corrected chi connectivity index (χ2v) is 5.15. The molecule has 20 heavy (non-hydrogen) atoms. The molecule has 0 unspecified atom stereocenters. The summed E-state index contributed by atoms with van der Waals surface area (Å²) >= 11 is 3.36. The number of hydrogen-bond acceptors (Lipinski definition) is 3. The van der Waals surface area contributed by atoms with Gasteiger partial charge in [-0.25, -0.2) is 4.73 Å². The summed E-state index contributed by atoms with van der Waals surface area (Å²) in [5, 5.41) is 20.3. The van der Waals surface area contributed by atoms with Gasteiger partial charge in [0.05, 0.1) is 10.7 Å². The van der Waals surface area contributed by atoms with Crippen LogP contribution in [-0.4, -0.2) is 10.2 Å². The Kier molecular flexibility index (Phi) is 3.43. The molecule has 0 radical (unpaired) electrons. The Bertz CT molecular complexity index is 730. The molecular weight excluding hydrogens is 318 g/mol. The maximum atomic E-state index is 12.1. The lowest BCUT2D eigenvalue weighted by molar-refractivity contribution is -0.596. The fraction of sp³-hybridized carbons (Fsp3) is 0. The quantitative estimate of drug-likeness (QED) is 0.536. The standard InChI is InChI=1S/C15H10BrN3O/c16-13-8-6-12(7-9-13)15-18-17-14(10-19(15)20)11-4-2-1-3-5-11/h1-10H. The van der Waals surface area contributed by atoms with Crippen molar-refractivity contribution in [3.63, 3.8) is 0 Å². The van der Waals surface area contributed by atoms with Gasteiger partial charge in [-0.2, -0.15) is 0 Å². The van der Waals surface area contributed by atoms with Crippen molar-refractivity contribution >= 4 is 15.9 Å². The normalized spacial score (nSPS) is 10.4. The average molecular weight is 328 g/mol. The fourth-order valence-corrected chi connectivity index (χ4v) is 2.13. The molecule has 0 saturated carbocycles. The predicted molar refractivity (Wildman–Crippen MR) is 79.6 cm³/mol. The minimum absolute atomic E-state index is 0.289. The monoisotopic (exact) mass is 327 g/mol. The number of benzene rings is 2. The van der Waals surface area contributed by atoms with Crippen LogP contribution in [0.2, 0.25) is 0 Å². The summed E-state index contributed by atoms with van der Waals surface area (Å²) in [4.78, 5) is 0. The molecule has 5 heteroatoms. The van der Waals surface area contributed by atoms with Crippen LogP contribution in [0, 0.1) is 5.21 Å². The first-order chi connectivity index (χ1) is 9.74. The van der Waals surface area contributed by atoms with Crippen LogP contribution in [-0.2, 0) is 0 Å². The van der Waals surface area contributed by atoms with Gasteiger partial charge in [0.25, 0.3) is 0 Å². The Balaban J connectivity index is 2.02. The van der Waals surface area contributed by atoms with E-state index in [9.17, 15) is 5.21 Å². The van der Waals surface area contributed by atoms with E-state index in [0.29, 0.717) is 5.69 Å². The molecule has 2 aromatic carbocycles. The molecule has 0 spiro atoms. The summed E-state index contributed by atoms with van der Waals surface area (Å²) in [7, 11) is 0. The second kappa shape index (κ2) is 5.38. The lowest BCUT2D eigenvalue weighted by Crippen LogP contribution is -2.31. The summed E-state index contributed by atoms with van der Waals surface area (Å²) in [6.45, 7) is 0. The van der Waals surface area contributed by atoms with E-state index in [1.54, 1.807) is 0 Å². The molecule has 1 heterocycles. The zero-order valence-corrected chi connectivity index (χ0v) is 12.0. The number of rotatable bonds is 2. The van der Waals surface area contributed by atoms with Crippen molar-refractivity contribution in [1.29, 1.82) is 0 Å². The van der Waals surface area contributed by atoms with Gasteiger partial charge in [-0.1, -0.05) is 46.3 Å². The summed E-state index contributed by atoms with van der Waals surface area (Å²) in [5.41, 5.74) is 2.16. The Morgan fingerprint density at radius 3 is 2.20 bits per heavy atom. The summed E-state index contributed by atoms with van der Waals surface area (Å²) in [5.74, 6) is 0.289. The minimum atomic E-state index is 0.289. The van der Waals surface area contributed by atoms with Crippen LogP contribution in [0.5, 0.6) is 0 Å². The molecule has 0 amide bonds. The molecule has 0 bridgehead atoms. The first kappa shape index (κ1) is 12.7. The summed E-state index contributed by atoms with van der Waals surface area (Å²) in [6, 6.07) is 16.9. The van der Waals surface area contributed by atoms with Gasteiger partial charge in [-0.3, -0.25) is 0 Å². The molecule has 0 atom stereocenters. The molecule has 0 fully saturated rings. The van der Waals surface area contributed by atoms with E-state index in [4.69, 9.17) is 0 Å². The second-order valence-electron chi connectivity index (χ2n) is 4.24. The van der Waals surface area contributed by atoms with Crippen molar-refractivity contribution in [2.24, 2.45) is 0 Å². The van der Waals surface area contributed by atoms with Gasteiger partial charge in [-0.05, 0) is 29.4 Å². The SMILES string of the molecule is [O-][n+]1cc(-c2ccccc2)nnc1-c1ccc(Br)cc1. The maximum absolute atomic E-state index is 12.1. The van der Waals surface area contributed by atoms with Crippen LogP contribution in [0.4, 0.5) is 0 Å². The smallest absolute Gasteiger partial charge is 0.360 e. The van der Waals surface area contributed by atoms with Gasteiger partial charge in [0, 0.05) is 10.0 Å². The molecule has 1 aromatic heterocycles. The molecule has 3 aromatic rings. The molecule has 0 aliphatic carbocycles. The zero-order valence-electron chi connectivity index (χ0n) is 10.4. The highest BCUT2D eigenvalue weighted by Gasteiger charge is 2.14. The van der Waals surface area contributed by atoms with Crippen molar-refractivity contribution in [1.82, 2.24) is 10.2 Å².